The number of nitrogens with zero attached hydrogens (tertiary/aromatic N) is 1. The first-order valence-electron chi connectivity index (χ1n) is 6.65. The molecule has 0 saturated carbocycles. The summed E-state index contributed by atoms with van der Waals surface area (Å²) in [4.78, 5) is 0.103. The van der Waals surface area contributed by atoms with E-state index < -0.39 is 10.0 Å². The highest BCUT2D eigenvalue weighted by atomic mass is 35.5. The monoisotopic (exact) mass is 336 g/mol. The maximum Gasteiger partial charge on any atom is 0.244 e. The summed E-state index contributed by atoms with van der Waals surface area (Å²) in [7, 11) is -3.58. The summed E-state index contributed by atoms with van der Waals surface area (Å²) < 4.78 is 26.9. The Bertz CT molecular complexity index is 582. The molecule has 4 nitrogen and oxygen atoms in total. The number of nitrogens with two attached hydrogens (primary N) is 1. The van der Waals surface area contributed by atoms with Crippen molar-refractivity contribution in [1.29, 1.82) is 0 Å². The van der Waals surface area contributed by atoms with Gasteiger partial charge in [-0.05, 0) is 30.5 Å². The van der Waals surface area contributed by atoms with Crippen molar-refractivity contribution in [2.24, 2.45) is 5.73 Å². The van der Waals surface area contributed by atoms with E-state index in [9.17, 15) is 8.42 Å². The predicted molar refractivity (Wildman–Crippen MR) is 81.6 cm³/mol. The van der Waals surface area contributed by atoms with Crippen LogP contribution in [0.5, 0.6) is 0 Å². The van der Waals surface area contributed by atoms with Crippen molar-refractivity contribution < 1.29 is 8.42 Å². The first-order chi connectivity index (χ1) is 9.46. The highest BCUT2D eigenvalue weighted by Crippen LogP contribution is 2.31. The first kappa shape index (κ1) is 16.0. The average Bonchev–Trinajstić information content (AvgIpc) is 2.67. The van der Waals surface area contributed by atoms with Crippen LogP contribution in [0, 0.1) is 0 Å². The highest BCUT2D eigenvalue weighted by molar-refractivity contribution is 7.89. The Balaban J connectivity index is 2.42. The lowest BCUT2D eigenvalue weighted by molar-refractivity contribution is 0.423. The van der Waals surface area contributed by atoms with E-state index >= 15 is 0 Å². The van der Waals surface area contributed by atoms with Crippen molar-refractivity contribution in [2.45, 2.75) is 37.1 Å². The van der Waals surface area contributed by atoms with Crippen LogP contribution in [-0.4, -0.2) is 25.8 Å². The van der Waals surface area contributed by atoms with Gasteiger partial charge in [-0.3, -0.25) is 0 Å². The molecule has 1 aliphatic rings. The van der Waals surface area contributed by atoms with Gasteiger partial charge in [-0.25, -0.2) is 8.42 Å². The Morgan fingerprint density at radius 1 is 1.05 bits per heavy atom. The molecule has 0 amide bonds. The smallest absolute Gasteiger partial charge is 0.244 e. The summed E-state index contributed by atoms with van der Waals surface area (Å²) in [6.45, 7) is 1.26. The van der Waals surface area contributed by atoms with Gasteiger partial charge >= 0.3 is 0 Å². The summed E-state index contributed by atoms with van der Waals surface area (Å²) in [6, 6.07) is 2.95. The standard InChI is InChI=1S/C13H18Cl2N2O2S/c14-11-8-12(15)13(7-10(11)9-16)20(18,19)17-5-3-1-2-4-6-17/h7-8H,1-6,9,16H2. The van der Waals surface area contributed by atoms with E-state index in [0.717, 1.165) is 25.7 Å². The third-order valence-electron chi connectivity index (χ3n) is 3.50. The van der Waals surface area contributed by atoms with Crippen LogP contribution in [0.25, 0.3) is 0 Å². The zero-order chi connectivity index (χ0) is 14.8. The van der Waals surface area contributed by atoms with Crippen LogP contribution in [-0.2, 0) is 16.6 Å². The van der Waals surface area contributed by atoms with Crippen molar-refractivity contribution in [3.8, 4) is 0 Å². The Morgan fingerprint density at radius 2 is 1.65 bits per heavy atom. The van der Waals surface area contributed by atoms with E-state index in [1.807, 2.05) is 0 Å². The molecule has 2 N–H and O–H groups in total. The van der Waals surface area contributed by atoms with Gasteiger partial charge in [0.25, 0.3) is 0 Å². The largest absolute Gasteiger partial charge is 0.326 e. The molecule has 1 heterocycles. The Labute approximate surface area is 129 Å². The molecule has 7 heteroatoms. The van der Waals surface area contributed by atoms with E-state index in [0.29, 0.717) is 23.7 Å². The summed E-state index contributed by atoms with van der Waals surface area (Å²) in [5.41, 5.74) is 6.17. The van der Waals surface area contributed by atoms with Crippen LogP contribution < -0.4 is 5.73 Å². The minimum absolute atomic E-state index is 0.103. The fraction of sp³-hybridized carbons (Fsp3) is 0.538. The average molecular weight is 337 g/mol. The van der Waals surface area contributed by atoms with Crippen molar-refractivity contribution in [1.82, 2.24) is 4.31 Å². The summed E-state index contributed by atoms with van der Waals surface area (Å²) in [6.07, 6.45) is 3.89. The predicted octanol–water partition coefficient (Wildman–Crippen LogP) is 3.02. The second-order valence-corrected chi connectivity index (χ2v) is 7.62. The summed E-state index contributed by atoms with van der Waals surface area (Å²) >= 11 is 12.1. The highest BCUT2D eigenvalue weighted by Gasteiger charge is 2.28. The normalized spacial score (nSPS) is 17.9. The van der Waals surface area contributed by atoms with E-state index in [4.69, 9.17) is 28.9 Å². The van der Waals surface area contributed by atoms with Crippen molar-refractivity contribution in [2.75, 3.05) is 13.1 Å². The topological polar surface area (TPSA) is 63.4 Å². The van der Waals surface area contributed by atoms with Crippen LogP contribution in [0.4, 0.5) is 0 Å². The fourth-order valence-electron chi connectivity index (χ4n) is 2.35. The summed E-state index contributed by atoms with van der Waals surface area (Å²) in [5, 5.41) is 0.545. The minimum atomic E-state index is -3.58. The van der Waals surface area contributed by atoms with E-state index in [2.05, 4.69) is 0 Å². The van der Waals surface area contributed by atoms with Crippen LogP contribution in [0.3, 0.4) is 0 Å². The van der Waals surface area contributed by atoms with Crippen LogP contribution in [0.15, 0.2) is 17.0 Å². The molecule has 2 rings (SSSR count). The zero-order valence-corrected chi connectivity index (χ0v) is 13.4. The molecule has 1 aromatic rings. The van der Waals surface area contributed by atoms with Crippen molar-refractivity contribution in [3.05, 3.63) is 27.7 Å². The number of rotatable bonds is 3. The molecule has 0 bridgehead atoms. The molecule has 1 aromatic carbocycles. The molecule has 0 spiro atoms. The third kappa shape index (κ3) is 3.28. The van der Waals surface area contributed by atoms with Gasteiger partial charge in [0.1, 0.15) is 4.90 Å². The molecule has 0 unspecified atom stereocenters. The van der Waals surface area contributed by atoms with Crippen molar-refractivity contribution in [3.63, 3.8) is 0 Å². The van der Waals surface area contributed by atoms with Gasteiger partial charge < -0.3 is 5.73 Å². The van der Waals surface area contributed by atoms with Gasteiger partial charge in [0.15, 0.2) is 0 Å². The molecule has 1 saturated heterocycles. The molecular formula is C13H18Cl2N2O2S. The van der Waals surface area contributed by atoms with Gasteiger partial charge in [0, 0.05) is 24.7 Å². The lowest BCUT2D eigenvalue weighted by atomic mass is 10.2. The number of hydrogen-bond acceptors (Lipinski definition) is 3. The molecular weight excluding hydrogens is 319 g/mol. The maximum atomic E-state index is 12.7. The van der Waals surface area contributed by atoms with Crippen LogP contribution in [0.2, 0.25) is 10.0 Å². The molecule has 1 aliphatic heterocycles. The quantitative estimate of drug-likeness (QED) is 0.922. The second-order valence-electron chi connectivity index (χ2n) is 4.90. The van der Waals surface area contributed by atoms with Gasteiger partial charge in [0.2, 0.25) is 10.0 Å². The summed E-state index contributed by atoms with van der Waals surface area (Å²) in [5.74, 6) is 0. The molecule has 1 fully saturated rings. The molecule has 0 atom stereocenters. The van der Waals surface area contributed by atoms with E-state index in [1.165, 1.54) is 16.4 Å². The van der Waals surface area contributed by atoms with Gasteiger partial charge in [0.05, 0.1) is 5.02 Å². The number of hydrogen-bond donors (Lipinski definition) is 1. The van der Waals surface area contributed by atoms with Gasteiger partial charge in [-0.2, -0.15) is 4.31 Å². The molecule has 0 aliphatic carbocycles. The minimum Gasteiger partial charge on any atom is -0.326 e. The Hall–Kier alpha value is -0.330. The van der Waals surface area contributed by atoms with Gasteiger partial charge in [-0.15, -0.1) is 0 Å². The lowest BCUT2D eigenvalue weighted by Gasteiger charge is -2.21. The molecule has 0 aromatic heterocycles. The van der Waals surface area contributed by atoms with Crippen LogP contribution >= 0.6 is 23.2 Å². The lowest BCUT2D eigenvalue weighted by Crippen LogP contribution is -2.32. The SMILES string of the molecule is NCc1cc(S(=O)(=O)N2CCCCCC2)c(Cl)cc1Cl. The number of sulfonamides is 1. The number of halogens is 2. The zero-order valence-electron chi connectivity index (χ0n) is 11.1. The second kappa shape index (κ2) is 6.62. The molecule has 112 valence electrons. The Kier molecular flexibility index (Phi) is 5.31. The maximum absolute atomic E-state index is 12.7. The van der Waals surface area contributed by atoms with Gasteiger partial charge in [-0.1, -0.05) is 36.0 Å². The van der Waals surface area contributed by atoms with Crippen LogP contribution in [0.1, 0.15) is 31.2 Å². The first-order valence-corrected chi connectivity index (χ1v) is 8.84. The van der Waals surface area contributed by atoms with E-state index in [-0.39, 0.29) is 16.5 Å². The number of benzene rings is 1. The fourth-order valence-corrected chi connectivity index (χ4v) is 4.71. The van der Waals surface area contributed by atoms with E-state index in [1.54, 1.807) is 0 Å². The molecule has 0 radical (unpaired) electrons. The molecule has 20 heavy (non-hydrogen) atoms. The van der Waals surface area contributed by atoms with Crippen molar-refractivity contribution >= 4 is 33.2 Å². The Morgan fingerprint density at radius 3 is 2.20 bits per heavy atom. The third-order valence-corrected chi connectivity index (χ3v) is 6.22.